The summed E-state index contributed by atoms with van der Waals surface area (Å²) >= 11 is 3.21. The number of rotatable bonds is 2. The Morgan fingerprint density at radius 2 is 2.00 bits per heavy atom. The highest BCUT2D eigenvalue weighted by Gasteiger charge is 2.18. The van der Waals surface area contributed by atoms with E-state index in [1.54, 1.807) is 0 Å². The first-order valence-electron chi connectivity index (χ1n) is 5.93. The molecule has 92 valence electrons. The highest BCUT2D eigenvalue weighted by Crippen LogP contribution is 2.21. The van der Waals surface area contributed by atoms with E-state index in [1.807, 2.05) is 0 Å². The largest absolute Gasteiger partial charge is 0.349 e. The zero-order valence-corrected chi connectivity index (χ0v) is 11.1. The maximum absolute atomic E-state index is 12.9. The molecular weight excluding hydrogens is 285 g/mol. The second-order valence-corrected chi connectivity index (χ2v) is 5.29. The van der Waals surface area contributed by atoms with Crippen molar-refractivity contribution in [2.75, 3.05) is 0 Å². The molecule has 1 aliphatic rings. The third kappa shape index (κ3) is 3.28. The van der Waals surface area contributed by atoms with Gasteiger partial charge >= 0.3 is 0 Å². The number of hydrogen-bond donors (Lipinski definition) is 1. The van der Waals surface area contributed by atoms with E-state index in [-0.39, 0.29) is 17.8 Å². The lowest BCUT2D eigenvalue weighted by Crippen LogP contribution is -2.36. The van der Waals surface area contributed by atoms with Gasteiger partial charge in [-0.1, -0.05) is 19.3 Å². The van der Waals surface area contributed by atoms with Gasteiger partial charge in [0.05, 0.1) is 5.56 Å². The first kappa shape index (κ1) is 12.6. The molecule has 1 amide bonds. The molecule has 2 nitrogen and oxygen atoms in total. The van der Waals surface area contributed by atoms with Crippen LogP contribution in [0.1, 0.15) is 42.5 Å². The molecule has 1 aromatic carbocycles. The van der Waals surface area contributed by atoms with Gasteiger partial charge in [-0.15, -0.1) is 0 Å². The number of amides is 1. The summed E-state index contributed by atoms with van der Waals surface area (Å²) in [6.07, 6.45) is 5.70. The molecule has 1 fully saturated rings. The van der Waals surface area contributed by atoms with Crippen LogP contribution in [-0.2, 0) is 0 Å². The van der Waals surface area contributed by atoms with Gasteiger partial charge in [0.25, 0.3) is 5.91 Å². The second-order valence-electron chi connectivity index (χ2n) is 4.43. The fourth-order valence-corrected chi connectivity index (χ4v) is 2.71. The summed E-state index contributed by atoms with van der Waals surface area (Å²) in [5.41, 5.74) is 0.497. The average Bonchev–Trinajstić information content (AvgIpc) is 2.30. The van der Waals surface area contributed by atoms with Gasteiger partial charge in [-0.05, 0) is 47.0 Å². The zero-order chi connectivity index (χ0) is 12.3. The number of carbonyl (C=O) groups is 1. The molecule has 1 aromatic rings. The van der Waals surface area contributed by atoms with Crippen LogP contribution >= 0.6 is 15.9 Å². The monoisotopic (exact) mass is 299 g/mol. The fourth-order valence-electron chi connectivity index (χ4n) is 2.18. The predicted octanol–water partition coefficient (Wildman–Crippen LogP) is 3.65. The molecule has 1 aliphatic carbocycles. The van der Waals surface area contributed by atoms with E-state index >= 15 is 0 Å². The number of carbonyl (C=O) groups excluding carboxylic acids is 1. The molecule has 0 unspecified atom stereocenters. The van der Waals surface area contributed by atoms with Crippen molar-refractivity contribution >= 4 is 21.8 Å². The van der Waals surface area contributed by atoms with Gasteiger partial charge in [-0.25, -0.2) is 4.39 Å². The van der Waals surface area contributed by atoms with Crippen LogP contribution in [-0.4, -0.2) is 11.9 Å². The lowest BCUT2D eigenvalue weighted by atomic mass is 9.95. The van der Waals surface area contributed by atoms with Crippen molar-refractivity contribution in [2.24, 2.45) is 0 Å². The van der Waals surface area contributed by atoms with Crippen molar-refractivity contribution in [3.63, 3.8) is 0 Å². The topological polar surface area (TPSA) is 29.1 Å². The Kier molecular flexibility index (Phi) is 4.15. The molecule has 0 atom stereocenters. The Morgan fingerprint density at radius 1 is 1.29 bits per heavy atom. The van der Waals surface area contributed by atoms with Crippen molar-refractivity contribution in [3.05, 3.63) is 34.1 Å². The van der Waals surface area contributed by atoms with E-state index in [0.29, 0.717) is 10.0 Å². The molecule has 2 rings (SSSR count). The molecule has 0 radical (unpaired) electrons. The van der Waals surface area contributed by atoms with Crippen molar-refractivity contribution in [1.82, 2.24) is 5.32 Å². The number of nitrogens with one attached hydrogen (secondary N) is 1. The molecule has 1 N–H and O–H groups in total. The number of halogens is 2. The van der Waals surface area contributed by atoms with Crippen molar-refractivity contribution in [2.45, 2.75) is 38.1 Å². The van der Waals surface area contributed by atoms with Crippen LogP contribution in [0.25, 0.3) is 0 Å². The van der Waals surface area contributed by atoms with Crippen LogP contribution in [0.5, 0.6) is 0 Å². The minimum Gasteiger partial charge on any atom is -0.349 e. The molecule has 0 saturated heterocycles. The molecule has 0 aromatic heterocycles. The average molecular weight is 300 g/mol. The molecule has 0 aliphatic heterocycles. The fraction of sp³-hybridized carbons (Fsp3) is 0.462. The molecule has 4 heteroatoms. The molecule has 17 heavy (non-hydrogen) atoms. The molecule has 0 bridgehead atoms. The number of benzene rings is 1. The van der Waals surface area contributed by atoms with Crippen molar-refractivity contribution < 1.29 is 9.18 Å². The Morgan fingerprint density at radius 3 is 2.65 bits per heavy atom. The van der Waals surface area contributed by atoms with Crippen LogP contribution < -0.4 is 5.32 Å². The molecule has 1 saturated carbocycles. The highest BCUT2D eigenvalue weighted by atomic mass is 79.9. The van der Waals surface area contributed by atoms with Crippen LogP contribution in [0.15, 0.2) is 22.7 Å². The summed E-state index contributed by atoms with van der Waals surface area (Å²) in [6, 6.07) is 4.40. The smallest absolute Gasteiger partial charge is 0.252 e. The minimum atomic E-state index is -0.342. The van der Waals surface area contributed by atoms with Crippen LogP contribution in [0.2, 0.25) is 0 Å². The van der Waals surface area contributed by atoms with E-state index in [1.165, 1.54) is 37.5 Å². The predicted molar refractivity (Wildman–Crippen MR) is 68.4 cm³/mol. The summed E-state index contributed by atoms with van der Waals surface area (Å²) in [7, 11) is 0. The quantitative estimate of drug-likeness (QED) is 0.887. The van der Waals surface area contributed by atoms with Gasteiger partial charge in [0, 0.05) is 10.5 Å². The van der Waals surface area contributed by atoms with Crippen LogP contribution in [0.4, 0.5) is 4.39 Å². The Hall–Kier alpha value is -0.900. The Labute approximate surface area is 109 Å². The van der Waals surface area contributed by atoms with Gasteiger partial charge in [0.15, 0.2) is 0 Å². The maximum atomic E-state index is 12.9. The Balaban J connectivity index is 2.03. The summed E-state index contributed by atoms with van der Waals surface area (Å²) in [6.45, 7) is 0. The van der Waals surface area contributed by atoms with E-state index in [0.717, 1.165) is 12.8 Å². The van der Waals surface area contributed by atoms with E-state index in [2.05, 4.69) is 21.2 Å². The Bertz CT molecular complexity index is 416. The second kappa shape index (κ2) is 5.63. The lowest BCUT2D eigenvalue weighted by Gasteiger charge is -2.22. The molecule has 0 spiro atoms. The van der Waals surface area contributed by atoms with Gasteiger partial charge < -0.3 is 5.32 Å². The highest BCUT2D eigenvalue weighted by molar-refractivity contribution is 9.10. The minimum absolute atomic E-state index is 0.122. The van der Waals surface area contributed by atoms with Gasteiger partial charge in [0.1, 0.15) is 5.82 Å². The van der Waals surface area contributed by atoms with Crippen LogP contribution in [0, 0.1) is 5.82 Å². The first-order chi connectivity index (χ1) is 8.16. The van der Waals surface area contributed by atoms with E-state index in [4.69, 9.17) is 0 Å². The maximum Gasteiger partial charge on any atom is 0.252 e. The van der Waals surface area contributed by atoms with Crippen molar-refractivity contribution in [3.8, 4) is 0 Å². The summed E-state index contributed by atoms with van der Waals surface area (Å²) in [4.78, 5) is 12.0. The lowest BCUT2D eigenvalue weighted by molar-refractivity contribution is 0.0927. The SMILES string of the molecule is O=C(NC1CCCCC1)c1ccc(F)cc1Br. The normalized spacial score (nSPS) is 16.8. The van der Waals surface area contributed by atoms with Crippen LogP contribution in [0.3, 0.4) is 0 Å². The van der Waals surface area contributed by atoms with Gasteiger partial charge in [-0.3, -0.25) is 4.79 Å². The first-order valence-corrected chi connectivity index (χ1v) is 6.72. The van der Waals surface area contributed by atoms with E-state index < -0.39 is 0 Å². The molecular formula is C13H15BrFNO. The third-order valence-corrected chi connectivity index (χ3v) is 3.77. The van der Waals surface area contributed by atoms with Gasteiger partial charge in [-0.2, -0.15) is 0 Å². The van der Waals surface area contributed by atoms with Crippen molar-refractivity contribution in [1.29, 1.82) is 0 Å². The van der Waals surface area contributed by atoms with Gasteiger partial charge in [0.2, 0.25) is 0 Å². The zero-order valence-electron chi connectivity index (χ0n) is 9.51. The number of hydrogen-bond acceptors (Lipinski definition) is 1. The summed E-state index contributed by atoms with van der Waals surface area (Å²) in [5.74, 6) is -0.463. The standard InChI is InChI=1S/C13H15BrFNO/c14-12-8-9(15)6-7-11(12)13(17)16-10-4-2-1-3-5-10/h6-8,10H,1-5H2,(H,16,17). The van der Waals surface area contributed by atoms with E-state index in [9.17, 15) is 9.18 Å². The molecule has 0 heterocycles. The third-order valence-electron chi connectivity index (χ3n) is 3.12. The summed E-state index contributed by atoms with van der Waals surface area (Å²) < 4.78 is 13.4. The summed E-state index contributed by atoms with van der Waals surface area (Å²) in [5, 5.41) is 3.00.